The predicted molar refractivity (Wildman–Crippen MR) is 252 cm³/mol. The molecule has 6 nitrogen and oxygen atoms in total. The van der Waals surface area contributed by atoms with Crippen LogP contribution in [0.5, 0.6) is 0 Å². The van der Waals surface area contributed by atoms with Gasteiger partial charge in [-0.15, -0.1) is 0 Å². The highest BCUT2D eigenvalue weighted by Crippen LogP contribution is 2.14. The molecule has 0 radical (unpaired) electrons. The van der Waals surface area contributed by atoms with E-state index in [0.29, 0.717) is 19.3 Å². The van der Waals surface area contributed by atoms with E-state index in [1.807, 2.05) is 0 Å². The number of hydrogen-bond donors (Lipinski definition) is 0. The van der Waals surface area contributed by atoms with Gasteiger partial charge in [-0.1, -0.05) is 185 Å². The van der Waals surface area contributed by atoms with E-state index in [0.717, 1.165) is 83.5 Å². The average molecular weight is 827 g/mol. The lowest BCUT2D eigenvalue weighted by molar-refractivity contribution is -0.167. The number of esters is 3. The molecule has 0 saturated heterocycles. The highest BCUT2D eigenvalue weighted by atomic mass is 16.6. The van der Waals surface area contributed by atoms with E-state index in [1.165, 1.54) is 128 Å². The van der Waals surface area contributed by atoms with Crippen LogP contribution in [-0.4, -0.2) is 37.2 Å². The van der Waals surface area contributed by atoms with Crippen molar-refractivity contribution in [2.75, 3.05) is 13.2 Å². The third-order valence-electron chi connectivity index (χ3n) is 10.8. The van der Waals surface area contributed by atoms with Crippen LogP contribution < -0.4 is 0 Å². The summed E-state index contributed by atoms with van der Waals surface area (Å²) in [5.74, 6) is -0.947. The monoisotopic (exact) mass is 827 g/mol. The van der Waals surface area contributed by atoms with Crippen molar-refractivity contribution < 1.29 is 28.6 Å². The fraction of sp³-hybridized carbons (Fsp3) is 0.792. The van der Waals surface area contributed by atoms with Crippen LogP contribution in [0.3, 0.4) is 0 Å². The van der Waals surface area contributed by atoms with Crippen molar-refractivity contribution >= 4 is 17.9 Å². The Morgan fingerprint density at radius 3 is 1.08 bits per heavy atom. The summed E-state index contributed by atoms with van der Waals surface area (Å²) in [5, 5.41) is 0. The van der Waals surface area contributed by atoms with Crippen LogP contribution >= 0.6 is 0 Å². The van der Waals surface area contributed by atoms with Crippen molar-refractivity contribution in [2.24, 2.45) is 0 Å². The molecule has 342 valence electrons. The lowest BCUT2D eigenvalue weighted by Gasteiger charge is -2.18. The number of hydrogen-bond acceptors (Lipinski definition) is 6. The first-order valence-corrected chi connectivity index (χ1v) is 25.1. The lowest BCUT2D eigenvalue weighted by Crippen LogP contribution is -2.30. The van der Waals surface area contributed by atoms with Gasteiger partial charge < -0.3 is 14.2 Å². The Morgan fingerprint density at radius 2 is 0.661 bits per heavy atom. The summed E-state index contributed by atoms with van der Waals surface area (Å²) in [6.07, 6.45) is 56.9. The summed E-state index contributed by atoms with van der Waals surface area (Å²) in [6, 6.07) is 0. The largest absolute Gasteiger partial charge is 0.462 e. The van der Waals surface area contributed by atoms with Crippen molar-refractivity contribution in [3.05, 3.63) is 48.6 Å². The van der Waals surface area contributed by atoms with Gasteiger partial charge in [0.1, 0.15) is 13.2 Å². The van der Waals surface area contributed by atoms with E-state index in [1.54, 1.807) is 0 Å². The van der Waals surface area contributed by atoms with Gasteiger partial charge in [-0.25, -0.2) is 0 Å². The fourth-order valence-corrected chi connectivity index (χ4v) is 7.00. The van der Waals surface area contributed by atoms with Crippen LogP contribution in [0.15, 0.2) is 48.6 Å². The molecule has 0 aliphatic carbocycles. The van der Waals surface area contributed by atoms with E-state index in [2.05, 4.69) is 69.4 Å². The molecule has 0 amide bonds. The summed E-state index contributed by atoms with van der Waals surface area (Å²) in [5.41, 5.74) is 0. The topological polar surface area (TPSA) is 78.9 Å². The second kappa shape index (κ2) is 48.0. The Balaban J connectivity index is 4.32. The molecule has 59 heavy (non-hydrogen) atoms. The average Bonchev–Trinajstić information content (AvgIpc) is 3.23. The molecule has 0 aromatic carbocycles. The van der Waals surface area contributed by atoms with E-state index >= 15 is 0 Å². The van der Waals surface area contributed by atoms with E-state index in [-0.39, 0.29) is 31.1 Å². The lowest BCUT2D eigenvalue weighted by atomic mass is 10.1. The molecule has 1 unspecified atom stereocenters. The number of allylic oxidation sites excluding steroid dienone is 8. The van der Waals surface area contributed by atoms with Gasteiger partial charge in [-0.3, -0.25) is 14.4 Å². The third-order valence-corrected chi connectivity index (χ3v) is 10.8. The van der Waals surface area contributed by atoms with Gasteiger partial charge in [0.15, 0.2) is 6.10 Å². The van der Waals surface area contributed by atoms with Crippen LogP contribution in [0.2, 0.25) is 0 Å². The first-order chi connectivity index (χ1) is 29.0. The number of carbonyl (C=O) groups excluding carboxylic acids is 3. The smallest absolute Gasteiger partial charge is 0.306 e. The van der Waals surface area contributed by atoms with Gasteiger partial charge in [0.25, 0.3) is 0 Å². The Labute approximate surface area is 365 Å². The molecule has 0 N–H and O–H groups in total. The van der Waals surface area contributed by atoms with Crippen molar-refractivity contribution in [1.29, 1.82) is 0 Å². The molecule has 0 bridgehead atoms. The van der Waals surface area contributed by atoms with Crippen molar-refractivity contribution in [2.45, 2.75) is 258 Å². The Bertz CT molecular complexity index is 1040. The maximum absolute atomic E-state index is 12.7. The minimum absolute atomic E-state index is 0.0912. The Kier molecular flexibility index (Phi) is 45.9. The van der Waals surface area contributed by atoms with Crippen molar-refractivity contribution in [3.8, 4) is 0 Å². The summed E-state index contributed by atoms with van der Waals surface area (Å²) in [6.45, 7) is 6.46. The Hall–Kier alpha value is -2.63. The molecule has 0 spiro atoms. The van der Waals surface area contributed by atoms with Crippen molar-refractivity contribution in [3.63, 3.8) is 0 Å². The second-order valence-electron chi connectivity index (χ2n) is 16.7. The van der Waals surface area contributed by atoms with Crippen LogP contribution in [0, 0.1) is 0 Å². The third kappa shape index (κ3) is 46.3. The highest BCUT2D eigenvalue weighted by Gasteiger charge is 2.19. The summed E-state index contributed by atoms with van der Waals surface area (Å²) < 4.78 is 16.7. The summed E-state index contributed by atoms with van der Waals surface area (Å²) in [7, 11) is 0. The van der Waals surface area contributed by atoms with Crippen LogP contribution in [0.4, 0.5) is 0 Å². The normalized spacial score (nSPS) is 12.4. The fourth-order valence-electron chi connectivity index (χ4n) is 7.00. The summed E-state index contributed by atoms with van der Waals surface area (Å²) in [4.78, 5) is 37.8. The SMILES string of the molecule is CC/C=C\C/C=C\CCCCC(=O)OCC(COC(=O)CCCCCCCCC/C=C\CCCCCCCCCC)OC(=O)CCCCC/C=C\CCCCCCCC. The highest BCUT2D eigenvalue weighted by molar-refractivity contribution is 5.71. The first-order valence-electron chi connectivity index (χ1n) is 25.1. The molecular weight excluding hydrogens is 733 g/mol. The molecule has 0 aromatic heterocycles. The zero-order valence-corrected chi connectivity index (χ0v) is 39.0. The minimum atomic E-state index is -0.792. The molecule has 0 rings (SSSR count). The number of unbranched alkanes of at least 4 members (excludes halogenated alkanes) is 26. The Morgan fingerprint density at radius 1 is 0.356 bits per heavy atom. The molecule has 0 fully saturated rings. The summed E-state index contributed by atoms with van der Waals surface area (Å²) >= 11 is 0. The van der Waals surface area contributed by atoms with E-state index < -0.39 is 6.10 Å². The molecule has 0 aliphatic rings. The van der Waals surface area contributed by atoms with E-state index in [9.17, 15) is 14.4 Å². The molecule has 0 saturated carbocycles. The van der Waals surface area contributed by atoms with Crippen LogP contribution in [-0.2, 0) is 28.6 Å². The number of carbonyl (C=O) groups is 3. The number of ether oxygens (including phenoxy) is 3. The molecule has 0 aliphatic heterocycles. The van der Waals surface area contributed by atoms with Crippen LogP contribution in [0.1, 0.15) is 252 Å². The molecule has 1 atom stereocenters. The molecule has 0 heterocycles. The van der Waals surface area contributed by atoms with E-state index in [4.69, 9.17) is 14.2 Å². The van der Waals surface area contributed by atoms with Gasteiger partial charge in [0, 0.05) is 19.3 Å². The molecule has 0 aromatic rings. The van der Waals surface area contributed by atoms with Gasteiger partial charge in [-0.05, 0) is 96.3 Å². The molecule has 6 heteroatoms. The number of rotatable bonds is 45. The second-order valence-corrected chi connectivity index (χ2v) is 16.7. The van der Waals surface area contributed by atoms with Gasteiger partial charge in [-0.2, -0.15) is 0 Å². The van der Waals surface area contributed by atoms with Gasteiger partial charge in [0.2, 0.25) is 0 Å². The zero-order chi connectivity index (χ0) is 43.0. The first kappa shape index (κ1) is 56.4. The zero-order valence-electron chi connectivity index (χ0n) is 39.0. The molecular formula is C53H94O6. The van der Waals surface area contributed by atoms with Gasteiger partial charge in [0.05, 0.1) is 0 Å². The maximum atomic E-state index is 12.7. The maximum Gasteiger partial charge on any atom is 0.306 e. The predicted octanol–water partition coefficient (Wildman–Crippen LogP) is 16.3. The van der Waals surface area contributed by atoms with Crippen molar-refractivity contribution in [1.82, 2.24) is 0 Å². The van der Waals surface area contributed by atoms with Gasteiger partial charge >= 0.3 is 17.9 Å². The standard InChI is InChI=1S/C53H94O6/c1-4-7-10-13-16-19-21-23-24-25-26-27-28-30-31-34-37-40-43-46-52(55)58-49-50(48-57-51(54)45-42-39-36-33-18-15-12-9-6-3)59-53(56)47-44-41-38-35-32-29-22-20-17-14-11-8-5-2/h9,12,18,25-26,29,32-33,50H,4-8,10-11,13-17,19-24,27-28,30-31,34-49H2,1-3H3/b12-9-,26-25-,32-29-,33-18-. The minimum Gasteiger partial charge on any atom is -0.462 e. The van der Waals surface area contributed by atoms with Crippen LogP contribution in [0.25, 0.3) is 0 Å². The quantitative estimate of drug-likeness (QED) is 0.0263.